The Kier molecular flexibility index (Phi) is 7.56. The van der Waals surface area contributed by atoms with Gasteiger partial charge in [-0.15, -0.1) is 0 Å². The van der Waals surface area contributed by atoms with Gasteiger partial charge in [-0.1, -0.05) is 13.8 Å². The summed E-state index contributed by atoms with van der Waals surface area (Å²) >= 11 is 0. The molecule has 7 heteroatoms. The highest BCUT2D eigenvalue weighted by Crippen LogP contribution is 2.21. The first-order valence-corrected chi connectivity index (χ1v) is 9.13. The van der Waals surface area contributed by atoms with Gasteiger partial charge in [0.25, 0.3) is 10.2 Å². The molecule has 0 spiro atoms. The lowest BCUT2D eigenvalue weighted by molar-refractivity contribution is 0.153. The molecule has 0 aliphatic carbocycles. The molecule has 21 heavy (non-hydrogen) atoms. The molecule has 0 radical (unpaired) electrons. The van der Waals surface area contributed by atoms with Gasteiger partial charge < -0.3 is 10.1 Å². The van der Waals surface area contributed by atoms with E-state index in [1.165, 1.54) is 0 Å². The molecule has 0 atom stereocenters. The van der Waals surface area contributed by atoms with Crippen molar-refractivity contribution in [1.82, 2.24) is 14.3 Å². The number of methoxy groups -OCH3 is 1. The lowest BCUT2D eigenvalue weighted by Crippen LogP contribution is -2.48. The first kappa shape index (κ1) is 18.8. The van der Waals surface area contributed by atoms with Crippen LogP contribution in [-0.2, 0) is 14.9 Å². The molecule has 0 amide bonds. The zero-order chi connectivity index (χ0) is 15.9. The van der Waals surface area contributed by atoms with Crippen molar-refractivity contribution in [2.75, 3.05) is 46.9 Å². The van der Waals surface area contributed by atoms with Crippen molar-refractivity contribution in [3.8, 4) is 0 Å². The second-order valence-electron chi connectivity index (χ2n) is 6.63. The SMILES string of the molecule is CNCC1CCN(S(=O)(=O)NCC(C)(C)CCOC)CC1. The van der Waals surface area contributed by atoms with E-state index in [2.05, 4.69) is 10.0 Å². The van der Waals surface area contributed by atoms with Crippen molar-refractivity contribution < 1.29 is 13.2 Å². The van der Waals surface area contributed by atoms with Crippen LogP contribution in [-0.4, -0.2) is 59.7 Å². The summed E-state index contributed by atoms with van der Waals surface area (Å²) in [5, 5.41) is 3.16. The van der Waals surface area contributed by atoms with E-state index in [0.717, 1.165) is 25.8 Å². The van der Waals surface area contributed by atoms with E-state index in [1.807, 2.05) is 20.9 Å². The van der Waals surface area contributed by atoms with Crippen LogP contribution in [0, 0.1) is 11.3 Å². The first-order valence-electron chi connectivity index (χ1n) is 7.69. The van der Waals surface area contributed by atoms with Crippen LogP contribution < -0.4 is 10.0 Å². The highest BCUT2D eigenvalue weighted by atomic mass is 32.2. The Bertz CT molecular complexity index is 390. The predicted octanol–water partition coefficient (Wildman–Crippen LogP) is 0.815. The molecule has 0 aromatic rings. The maximum absolute atomic E-state index is 12.3. The summed E-state index contributed by atoms with van der Waals surface area (Å²) in [5.74, 6) is 0.583. The molecular formula is C14H31N3O3S. The second kappa shape index (κ2) is 8.43. The topological polar surface area (TPSA) is 70.7 Å². The van der Waals surface area contributed by atoms with Crippen molar-refractivity contribution in [2.24, 2.45) is 11.3 Å². The summed E-state index contributed by atoms with van der Waals surface area (Å²) in [5.41, 5.74) is -0.104. The molecule has 1 aliphatic heterocycles. The summed E-state index contributed by atoms with van der Waals surface area (Å²) in [6, 6.07) is 0. The van der Waals surface area contributed by atoms with Gasteiger partial charge in [-0.3, -0.25) is 0 Å². The van der Waals surface area contributed by atoms with E-state index < -0.39 is 10.2 Å². The Hall–Kier alpha value is -0.210. The highest BCUT2D eigenvalue weighted by molar-refractivity contribution is 7.87. The summed E-state index contributed by atoms with van der Waals surface area (Å²) in [7, 11) is 0.242. The van der Waals surface area contributed by atoms with Crippen LogP contribution in [0.3, 0.4) is 0 Å². The average molecular weight is 321 g/mol. The molecule has 126 valence electrons. The fourth-order valence-corrected chi connectivity index (χ4v) is 3.93. The van der Waals surface area contributed by atoms with E-state index in [-0.39, 0.29) is 5.41 Å². The van der Waals surface area contributed by atoms with Gasteiger partial charge in [0.1, 0.15) is 0 Å². The second-order valence-corrected chi connectivity index (χ2v) is 8.39. The summed E-state index contributed by atoms with van der Waals surface area (Å²) in [6.45, 7) is 7.37. The molecule has 1 heterocycles. The van der Waals surface area contributed by atoms with E-state index in [9.17, 15) is 8.42 Å². The Morgan fingerprint density at radius 1 is 1.29 bits per heavy atom. The fraction of sp³-hybridized carbons (Fsp3) is 1.00. The van der Waals surface area contributed by atoms with Gasteiger partial charge in [0.2, 0.25) is 0 Å². The average Bonchev–Trinajstić information content (AvgIpc) is 2.44. The number of nitrogens with zero attached hydrogens (tertiary/aromatic N) is 1. The molecule has 1 aliphatic rings. The lowest BCUT2D eigenvalue weighted by atomic mass is 9.90. The zero-order valence-electron chi connectivity index (χ0n) is 13.8. The Labute approximate surface area is 129 Å². The quantitative estimate of drug-likeness (QED) is 0.659. The van der Waals surface area contributed by atoms with Gasteiger partial charge >= 0.3 is 0 Å². The standard InChI is InChI=1S/C14H31N3O3S/c1-14(2,7-10-20-4)12-16-21(18,19)17-8-5-13(6-9-17)11-15-3/h13,15-16H,5-12H2,1-4H3. The Morgan fingerprint density at radius 2 is 1.90 bits per heavy atom. The van der Waals surface area contributed by atoms with Crippen LogP contribution in [0.1, 0.15) is 33.1 Å². The third-order valence-electron chi connectivity index (χ3n) is 4.12. The van der Waals surface area contributed by atoms with Crippen molar-refractivity contribution in [1.29, 1.82) is 0 Å². The summed E-state index contributed by atoms with van der Waals surface area (Å²) < 4.78 is 34.1. The van der Waals surface area contributed by atoms with Gasteiger partial charge in [-0.05, 0) is 44.2 Å². The molecule has 2 N–H and O–H groups in total. The third kappa shape index (κ3) is 6.61. The highest BCUT2D eigenvalue weighted by Gasteiger charge is 2.29. The molecule has 1 rings (SSSR count). The van der Waals surface area contributed by atoms with Crippen LogP contribution in [0.2, 0.25) is 0 Å². The minimum atomic E-state index is -3.36. The Balaban J connectivity index is 2.44. The van der Waals surface area contributed by atoms with Crippen LogP contribution in [0.4, 0.5) is 0 Å². The van der Waals surface area contributed by atoms with Crippen molar-refractivity contribution >= 4 is 10.2 Å². The lowest BCUT2D eigenvalue weighted by Gasteiger charge is -2.32. The van der Waals surface area contributed by atoms with Gasteiger partial charge in [0.15, 0.2) is 0 Å². The van der Waals surface area contributed by atoms with Crippen LogP contribution in [0.5, 0.6) is 0 Å². The maximum Gasteiger partial charge on any atom is 0.279 e. The molecular weight excluding hydrogens is 290 g/mol. The fourth-order valence-electron chi connectivity index (χ4n) is 2.49. The smallest absolute Gasteiger partial charge is 0.279 e. The minimum absolute atomic E-state index is 0.104. The Morgan fingerprint density at radius 3 is 2.43 bits per heavy atom. The van der Waals surface area contributed by atoms with Crippen molar-refractivity contribution in [3.63, 3.8) is 0 Å². The van der Waals surface area contributed by atoms with E-state index in [1.54, 1.807) is 11.4 Å². The summed E-state index contributed by atoms with van der Waals surface area (Å²) in [6.07, 6.45) is 2.68. The molecule has 0 unspecified atom stereocenters. The third-order valence-corrected chi connectivity index (χ3v) is 5.68. The van der Waals surface area contributed by atoms with Crippen LogP contribution in [0.15, 0.2) is 0 Å². The van der Waals surface area contributed by atoms with E-state index in [4.69, 9.17) is 4.74 Å². The van der Waals surface area contributed by atoms with Crippen molar-refractivity contribution in [2.45, 2.75) is 33.1 Å². The number of piperidine rings is 1. The number of rotatable bonds is 9. The maximum atomic E-state index is 12.3. The molecule has 0 saturated carbocycles. The first-order chi connectivity index (χ1) is 9.80. The minimum Gasteiger partial charge on any atom is -0.385 e. The number of hydrogen-bond donors (Lipinski definition) is 2. The van der Waals surface area contributed by atoms with Crippen LogP contribution in [0.25, 0.3) is 0 Å². The predicted molar refractivity (Wildman–Crippen MR) is 85.4 cm³/mol. The van der Waals surface area contributed by atoms with Gasteiger partial charge in [0, 0.05) is 33.4 Å². The molecule has 0 aromatic heterocycles. The largest absolute Gasteiger partial charge is 0.385 e. The molecule has 6 nitrogen and oxygen atoms in total. The number of hydrogen-bond acceptors (Lipinski definition) is 4. The number of ether oxygens (including phenoxy) is 1. The molecule has 0 aromatic carbocycles. The number of nitrogens with one attached hydrogen (secondary N) is 2. The normalized spacial score (nSPS) is 19.0. The zero-order valence-corrected chi connectivity index (χ0v) is 14.6. The van der Waals surface area contributed by atoms with Gasteiger partial charge in [-0.2, -0.15) is 12.7 Å². The monoisotopic (exact) mass is 321 g/mol. The summed E-state index contributed by atoms with van der Waals surface area (Å²) in [4.78, 5) is 0. The van der Waals surface area contributed by atoms with Crippen LogP contribution >= 0.6 is 0 Å². The molecule has 1 saturated heterocycles. The van der Waals surface area contributed by atoms with Gasteiger partial charge in [0.05, 0.1) is 0 Å². The van der Waals surface area contributed by atoms with E-state index in [0.29, 0.717) is 32.2 Å². The molecule has 1 fully saturated rings. The van der Waals surface area contributed by atoms with Gasteiger partial charge in [-0.25, -0.2) is 4.72 Å². The van der Waals surface area contributed by atoms with E-state index >= 15 is 0 Å². The van der Waals surface area contributed by atoms with Crippen molar-refractivity contribution in [3.05, 3.63) is 0 Å². The molecule has 0 bridgehead atoms.